The van der Waals surface area contributed by atoms with Gasteiger partial charge in [-0.05, 0) is 53.9 Å². The van der Waals surface area contributed by atoms with Crippen LogP contribution in [-0.4, -0.2) is 16.2 Å². The second kappa shape index (κ2) is 6.20. The number of aromatic nitrogens is 2. The average molecular weight is 376 g/mol. The molecule has 18 heavy (non-hydrogen) atoms. The first-order chi connectivity index (χ1) is 8.81. The SMILES string of the molecule is CC.Cc1nn(PI)c2ccc3c(c12)CCCO3. The third kappa shape index (κ3) is 2.37. The van der Waals surface area contributed by atoms with Gasteiger partial charge in [0.05, 0.1) is 24.2 Å². The van der Waals surface area contributed by atoms with Crippen molar-refractivity contribution < 1.29 is 4.74 Å². The van der Waals surface area contributed by atoms with E-state index >= 15 is 0 Å². The summed E-state index contributed by atoms with van der Waals surface area (Å²) in [5, 5.41) is 5.89. The van der Waals surface area contributed by atoms with E-state index in [4.69, 9.17) is 4.74 Å². The Morgan fingerprint density at radius 1 is 1.39 bits per heavy atom. The van der Waals surface area contributed by atoms with Crippen LogP contribution in [-0.2, 0) is 6.42 Å². The largest absolute Gasteiger partial charge is 0.493 e. The van der Waals surface area contributed by atoms with Gasteiger partial charge in [0.15, 0.2) is 0 Å². The molecule has 0 amide bonds. The zero-order valence-corrected chi connectivity index (χ0v) is 14.1. The molecule has 0 N–H and O–H groups in total. The van der Waals surface area contributed by atoms with E-state index in [-0.39, 0.29) is 0 Å². The highest BCUT2D eigenvalue weighted by molar-refractivity contribution is 14.2. The van der Waals surface area contributed by atoms with Crippen molar-refractivity contribution in [2.75, 3.05) is 6.61 Å². The summed E-state index contributed by atoms with van der Waals surface area (Å²) in [7, 11) is 0. The van der Waals surface area contributed by atoms with E-state index in [1.807, 2.05) is 13.8 Å². The third-order valence-electron chi connectivity index (χ3n) is 3.00. The summed E-state index contributed by atoms with van der Waals surface area (Å²) in [5.41, 5.74) is 3.72. The molecule has 5 heteroatoms. The van der Waals surface area contributed by atoms with Gasteiger partial charge in [-0.3, -0.25) is 0 Å². The van der Waals surface area contributed by atoms with Gasteiger partial charge in [0.1, 0.15) is 5.75 Å². The Morgan fingerprint density at radius 3 is 2.89 bits per heavy atom. The van der Waals surface area contributed by atoms with Crippen molar-refractivity contribution >= 4 is 39.3 Å². The standard InChI is InChI=1S/C11H12IN2OP.C2H6/c1-7-11-8-3-2-6-15-10(8)5-4-9(11)14(13-7)16-12;1-2/h4-5,16H,2-3,6H2,1H3;1-2H3. The van der Waals surface area contributed by atoms with Gasteiger partial charge in [-0.15, -0.1) is 0 Å². The first kappa shape index (κ1) is 14.1. The van der Waals surface area contributed by atoms with Gasteiger partial charge in [-0.25, -0.2) is 4.45 Å². The molecule has 3 nitrogen and oxygen atoms in total. The van der Waals surface area contributed by atoms with E-state index in [9.17, 15) is 0 Å². The highest BCUT2D eigenvalue weighted by Gasteiger charge is 2.18. The smallest absolute Gasteiger partial charge is 0.123 e. The first-order valence-electron chi connectivity index (χ1n) is 6.32. The lowest BCUT2D eigenvalue weighted by Gasteiger charge is -2.17. The first-order valence-corrected chi connectivity index (χ1v) is 10.4. The molecule has 1 aromatic carbocycles. The van der Waals surface area contributed by atoms with Crippen molar-refractivity contribution in [3.63, 3.8) is 0 Å². The summed E-state index contributed by atoms with van der Waals surface area (Å²) < 4.78 is 7.78. The Morgan fingerprint density at radius 2 is 2.17 bits per heavy atom. The number of nitrogens with zero attached hydrogens (tertiary/aromatic N) is 2. The Bertz CT molecular complexity index is 553. The average Bonchev–Trinajstić information content (AvgIpc) is 2.78. The molecule has 0 bridgehead atoms. The van der Waals surface area contributed by atoms with E-state index in [1.54, 1.807) is 0 Å². The van der Waals surface area contributed by atoms with Gasteiger partial charge in [-0.2, -0.15) is 5.10 Å². The van der Waals surface area contributed by atoms with E-state index in [2.05, 4.69) is 50.6 Å². The Hall–Kier alpha value is -0.350. The number of benzene rings is 1. The number of aryl methyl sites for hydroxylation is 2. The van der Waals surface area contributed by atoms with Gasteiger partial charge in [0.2, 0.25) is 0 Å². The third-order valence-corrected chi connectivity index (χ3v) is 4.87. The lowest BCUT2D eigenvalue weighted by molar-refractivity contribution is 0.289. The van der Waals surface area contributed by atoms with Crippen LogP contribution in [0.25, 0.3) is 10.9 Å². The minimum atomic E-state index is 0.653. The predicted octanol–water partition coefficient (Wildman–Crippen LogP) is 4.49. The van der Waals surface area contributed by atoms with Crippen LogP contribution in [0, 0.1) is 6.92 Å². The Labute approximate surface area is 123 Å². The molecule has 98 valence electrons. The van der Waals surface area contributed by atoms with Gasteiger partial charge in [-0.1, -0.05) is 13.8 Å². The highest BCUT2D eigenvalue weighted by atomic mass is 127. The summed E-state index contributed by atoms with van der Waals surface area (Å²) in [4.78, 5) is 0. The fourth-order valence-corrected chi connectivity index (χ4v) is 3.90. The van der Waals surface area contributed by atoms with Crippen LogP contribution in [0.3, 0.4) is 0 Å². The second-order valence-corrected chi connectivity index (χ2v) is 6.01. The zero-order chi connectivity index (χ0) is 13.1. The molecule has 1 aliphatic heterocycles. The number of rotatable bonds is 1. The monoisotopic (exact) mass is 376 g/mol. The van der Waals surface area contributed by atoms with E-state index in [1.165, 1.54) is 16.5 Å². The minimum Gasteiger partial charge on any atom is -0.493 e. The molecule has 2 heterocycles. The molecular formula is C13H18IN2OP. The van der Waals surface area contributed by atoms with Gasteiger partial charge < -0.3 is 4.74 Å². The molecule has 0 fully saturated rings. The van der Waals surface area contributed by atoms with Crippen molar-refractivity contribution in [2.45, 2.75) is 33.6 Å². The van der Waals surface area contributed by atoms with Crippen molar-refractivity contribution in [3.05, 3.63) is 23.4 Å². The molecule has 0 spiro atoms. The zero-order valence-electron chi connectivity index (χ0n) is 11.0. The fraction of sp³-hybridized carbons (Fsp3) is 0.462. The summed E-state index contributed by atoms with van der Waals surface area (Å²) in [5.74, 6) is 1.05. The summed E-state index contributed by atoms with van der Waals surface area (Å²) in [6.07, 6.45) is 2.88. The van der Waals surface area contributed by atoms with Crippen LogP contribution < -0.4 is 4.74 Å². The predicted molar refractivity (Wildman–Crippen MR) is 87.4 cm³/mol. The van der Waals surface area contributed by atoms with Crippen molar-refractivity contribution in [3.8, 4) is 5.75 Å². The molecule has 1 unspecified atom stereocenters. The van der Waals surface area contributed by atoms with Gasteiger partial charge in [0.25, 0.3) is 0 Å². The van der Waals surface area contributed by atoms with E-state index in [0.717, 1.165) is 30.9 Å². The molecule has 0 saturated carbocycles. The summed E-state index contributed by atoms with van der Waals surface area (Å²) in [6, 6.07) is 4.22. The molecule has 2 aromatic rings. The molecule has 1 aromatic heterocycles. The number of halogens is 1. The van der Waals surface area contributed by atoms with Crippen LogP contribution in [0.15, 0.2) is 12.1 Å². The molecule has 1 atom stereocenters. The second-order valence-electron chi connectivity index (χ2n) is 3.97. The van der Waals surface area contributed by atoms with Crippen molar-refractivity contribution in [2.24, 2.45) is 0 Å². The quantitative estimate of drug-likeness (QED) is 0.542. The summed E-state index contributed by atoms with van der Waals surface area (Å²) >= 11 is 2.37. The lowest BCUT2D eigenvalue weighted by atomic mass is 10.0. The van der Waals surface area contributed by atoms with Crippen molar-refractivity contribution in [1.82, 2.24) is 9.55 Å². The number of hydrogen-bond acceptors (Lipinski definition) is 2. The van der Waals surface area contributed by atoms with Crippen LogP contribution >= 0.6 is 28.4 Å². The van der Waals surface area contributed by atoms with Crippen LogP contribution in [0.5, 0.6) is 5.75 Å². The van der Waals surface area contributed by atoms with Gasteiger partial charge in [0, 0.05) is 10.9 Å². The number of ether oxygens (including phenoxy) is 1. The van der Waals surface area contributed by atoms with E-state index in [0.29, 0.717) is 6.37 Å². The molecule has 0 radical (unpaired) electrons. The number of fused-ring (bicyclic) bond motifs is 3. The van der Waals surface area contributed by atoms with Crippen LogP contribution in [0.1, 0.15) is 31.5 Å². The fourth-order valence-electron chi connectivity index (χ4n) is 2.33. The summed E-state index contributed by atoms with van der Waals surface area (Å²) in [6.45, 7) is 6.93. The Balaban J connectivity index is 0.000000574. The molecule has 0 aliphatic carbocycles. The molecule has 1 aliphatic rings. The maximum Gasteiger partial charge on any atom is 0.123 e. The van der Waals surface area contributed by atoms with Crippen LogP contribution in [0.2, 0.25) is 0 Å². The van der Waals surface area contributed by atoms with Gasteiger partial charge >= 0.3 is 0 Å². The number of hydrogen-bond donors (Lipinski definition) is 0. The highest BCUT2D eigenvalue weighted by Crippen LogP contribution is 2.37. The topological polar surface area (TPSA) is 27.1 Å². The lowest BCUT2D eigenvalue weighted by Crippen LogP contribution is -2.08. The molecular weight excluding hydrogens is 358 g/mol. The minimum absolute atomic E-state index is 0.653. The van der Waals surface area contributed by atoms with E-state index < -0.39 is 0 Å². The maximum absolute atomic E-state index is 5.69. The molecule has 3 rings (SSSR count). The molecule has 0 saturated heterocycles. The normalized spacial score (nSPS) is 14.2. The van der Waals surface area contributed by atoms with Crippen LogP contribution in [0.4, 0.5) is 0 Å². The van der Waals surface area contributed by atoms with Crippen molar-refractivity contribution in [1.29, 1.82) is 0 Å². The Kier molecular flexibility index (Phi) is 4.84. The maximum atomic E-state index is 5.69.